The number of aromatic nitrogens is 2. The monoisotopic (exact) mass is 224 g/mol. The fraction of sp³-hybridized carbons (Fsp3) is 0.600. The summed E-state index contributed by atoms with van der Waals surface area (Å²) < 4.78 is 10.8. The van der Waals surface area contributed by atoms with Crippen LogP contribution in [0.5, 0.6) is 5.88 Å². The van der Waals surface area contributed by atoms with Gasteiger partial charge in [0.15, 0.2) is 0 Å². The van der Waals surface area contributed by atoms with Crippen LogP contribution in [0.4, 0.5) is 5.82 Å². The van der Waals surface area contributed by atoms with E-state index in [1.165, 1.54) is 6.33 Å². The number of rotatable bonds is 5. The summed E-state index contributed by atoms with van der Waals surface area (Å²) in [6, 6.07) is 0. The lowest BCUT2D eigenvalue weighted by atomic mass is 10.1. The Morgan fingerprint density at radius 3 is 2.94 bits per heavy atom. The lowest BCUT2D eigenvalue weighted by Gasteiger charge is -2.27. The first-order valence-electron chi connectivity index (χ1n) is 5.40. The van der Waals surface area contributed by atoms with Crippen molar-refractivity contribution < 1.29 is 9.47 Å². The molecule has 3 N–H and O–H groups in total. The van der Waals surface area contributed by atoms with Crippen LogP contribution in [-0.4, -0.2) is 29.3 Å². The van der Waals surface area contributed by atoms with Crippen molar-refractivity contribution in [3.05, 3.63) is 11.9 Å². The Kier molecular flexibility index (Phi) is 3.53. The molecule has 0 spiro atoms. The SMILES string of the molecule is CCCc1c(NN)ncnc1OC1COC1. The van der Waals surface area contributed by atoms with E-state index >= 15 is 0 Å². The van der Waals surface area contributed by atoms with Gasteiger partial charge in [-0.1, -0.05) is 13.3 Å². The second-order valence-electron chi connectivity index (χ2n) is 3.68. The van der Waals surface area contributed by atoms with Gasteiger partial charge in [-0.2, -0.15) is 0 Å². The first-order valence-corrected chi connectivity index (χ1v) is 5.40. The second kappa shape index (κ2) is 5.09. The summed E-state index contributed by atoms with van der Waals surface area (Å²) in [7, 11) is 0. The average molecular weight is 224 g/mol. The molecule has 1 saturated heterocycles. The molecule has 6 nitrogen and oxygen atoms in total. The lowest BCUT2D eigenvalue weighted by molar-refractivity contribution is -0.0816. The van der Waals surface area contributed by atoms with E-state index in [9.17, 15) is 0 Å². The number of anilines is 1. The van der Waals surface area contributed by atoms with Gasteiger partial charge >= 0.3 is 0 Å². The Bertz CT molecular complexity index is 355. The van der Waals surface area contributed by atoms with Crippen LogP contribution in [0.25, 0.3) is 0 Å². The van der Waals surface area contributed by atoms with Gasteiger partial charge in [0.25, 0.3) is 0 Å². The van der Waals surface area contributed by atoms with E-state index in [1.54, 1.807) is 0 Å². The summed E-state index contributed by atoms with van der Waals surface area (Å²) in [5.41, 5.74) is 3.50. The Labute approximate surface area is 94.1 Å². The van der Waals surface area contributed by atoms with Crippen LogP contribution in [0.15, 0.2) is 6.33 Å². The lowest BCUT2D eigenvalue weighted by Crippen LogP contribution is -2.39. The van der Waals surface area contributed by atoms with E-state index in [0.29, 0.717) is 24.9 Å². The molecule has 0 saturated carbocycles. The van der Waals surface area contributed by atoms with Gasteiger partial charge in [0.05, 0.1) is 18.8 Å². The van der Waals surface area contributed by atoms with Crippen LogP contribution >= 0.6 is 0 Å². The van der Waals surface area contributed by atoms with Crippen LogP contribution in [0.2, 0.25) is 0 Å². The van der Waals surface area contributed by atoms with Crippen molar-refractivity contribution in [2.24, 2.45) is 5.84 Å². The van der Waals surface area contributed by atoms with Gasteiger partial charge in [0.1, 0.15) is 18.2 Å². The molecule has 1 fully saturated rings. The van der Waals surface area contributed by atoms with Gasteiger partial charge in [-0.15, -0.1) is 0 Å². The fourth-order valence-corrected chi connectivity index (χ4v) is 1.54. The van der Waals surface area contributed by atoms with Gasteiger partial charge < -0.3 is 14.9 Å². The van der Waals surface area contributed by atoms with Crippen LogP contribution in [0, 0.1) is 0 Å². The third-order valence-corrected chi connectivity index (χ3v) is 2.43. The summed E-state index contributed by atoms with van der Waals surface area (Å²) in [6.45, 7) is 3.34. The van der Waals surface area contributed by atoms with E-state index in [2.05, 4.69) is 22.3 Å². The van der Waals surface area contributed by atoms with Crippen LogP contribution in [0.1, 0.15) is 18.9 Å². The predicted octanol–water partition coefficient (Wildman–Crippen LogP) is 0.492. The molecule has 16 heavy (non-hydrogen) atoms. The quantitative estimate of drug-likeness (QED) is 0.559. The van der Waals surface area contributed by atoms with Crippen molar-refractivity contribution in [3.63, 3.8) is 0 Å². The maximum Gasteiger partial charge on any atom is 0.222 e. The number of hydrogen-bond donors (Lipinski definition) is 2. The van der Waals surface area contributed by atoms with Gasteiger partial charge in [-0.25, -0.2) is 15.8 Å². The highest BCUT2D eigenvalue weighted by Gasteiger charge is 2.23. The van der Waals surface area contributed by atoms with Crippen molar-refractivity contribution in [2.75, 3.05) is 18.6 Å². The van der Waals surface area contributed by atoms with Crippen molar-refractivity contribution in [1.82, 2.24) is 9.97 Å². The third-order valence-electron chi connectivity index (χ3n) is 2.43. The van der Waals surface area contributed by atoms with Gasteiger partial charge in [-0.3, -0.25) is 0 Å². The maximum absolute atomic E-state index is 5.70. The van der Waals surface area contributed by atoms with E-state index in [0.717, 1.165) is 18.4 Å². The smallest absolute Gasteiger partial charge is 0.222 e. The minimum absolute atomic E-state index is 0.108. The molecule has 0 radical (unpaired) electrons. The summed E-state index contributed by atoms with van der Waals surface area (Å²) in [4.78, 5) is 8.21. The highest BCUT2D eigenvalue weighted by molar-refractivity contribution is 5.47. The standard InChI is InChI=1S/C10H16N4O2/c1-2-3-8-9(14-11)12-6-13-10(8)16-7-4-15-5-7/h6-7H,2-5,11H2,1H3,(H,12,13,14). The molecule has 0 atom stereocenters. The van der Waals surface area contributed by atoms with Crippen LogP contribution < -0.4 is 16.0 Å². The molecule has 88 valence electrons. The van der Waals surface area contributed by atoms with E-state index in [-0.39, 0.29) is 6.10 Å². The number of nitrogen functional groups attached to an aromatic ring is 1. The molecular formula is C10H16N4O2. The Balaban J connectivity index is 2.19. The molecule has 0 aliphatic carbocycles. The largest absolute Gasteiger partial charge is 0.469 e. The third kappa shape index (κ3) is 2.23. The summed E-state index contributed by atoms with van der Waals surface area (Å²) in [6.07, 6.45) is 3.38. The van der Waals surface area contributed by atoms with Crippen molar-refractivity contribution >= 4 is 5.82 Å². The van der Waals surface area contributed by atoms with Crippen LogP contribution in [0.3, 0.4) is 0 Å². The first-order chi connectivity index (χ1) is 7.85. The van der Waals surface area contributed by atoms with Crippen molar-refractivity contribution in [1.29, 1.82) is 0 Å². The molecular weight excluding hydrogens is 208 g/mol. The number of hydrogen-bond acceptors (Lipinski definition) is 6. The maximum atomic E-state index is 5.70. The number of nitrogens with two attached hydrogens (primary N) is 1. The highest BCUT2D eigenvalue weighted by atomic mass is 16.6. The van der Waals surface area contributed by atoms with Gasteiger partial charge in [-0.05, 0) is 6.42 Å². The minimum atomic E-state index is 0.108. The molecule has 0 unspecified atom stereocenters. The zero-order chi connectivity index (χ0) is 11.4. The van der Waals surface area contributed by atoms with Crippen molar-refractivity contribution in [3.8, 4) is 5.88 Å². The van der Waals surface area contributed by atoms with E-state index < -0.39 is 0 Å². The molecule has 6 heteroatoms. The zero-order valence-corrected chi connectivity index (χ0v) is 9.27. The molecule has 0 amide bonds. The summed E-state index contributed by atoms with van der Waals surface area (Å²) in [5.74, 6) is 6.65. The summed E-state index contributed by atoms with van der Waals surface area (Å²) >= 11 is 0. The number of hydrazine groups is 1. The Hall–Kier alpha value is -1.40. The molecule has 1 aliphatic rings. The molecule has 2 heterocycles. The Morgan fingerprint density at radius 1 is 1.56 bits per heavy atom. The van der Waals surface area contributed by atoms with Gasteiger partial charge in [0.2, 0.25) is 5.88 Å². The van der Waals surface area contributed by atoms with Gasteiger partial charge in [0, 0.05) is 0 Å². The molecule has 2 rings (SSSR count). The second-order valence-corrected chi connectivity index (χ2v) is 3.68. The predicted molar refractivity (Wildman–Crippen MR) is 59.1 cm³/mol. The number of nitrogens with zero attached hydrogens (tertiary/aromatic N) is 2. The topological polar surface area (TPSA) is 82.3 Å². The summed E-state index contributed by atoms with van der Waals surface area (Å²) in [5, 5.41) is 0. The molecule has 1 aliphatic heterocycles. The van der Waals surface area contributed by atoms with E-state index in [1.807, 2.05) is 0 Å². The number of ether oxygens (including phenoxy) is 2. The molecule has 0 bridgehead atoms. The first kappa shape index (κ1) is 11.1. The van der Waals surface area contributed by atoms with Crippen molar-refractivity contribution in [2.45, 2.75) is 25.9 Å². The highest BCUT2D eigenvalue weighted by Crippen LogP contribution is 2.24. The molecule has 0 aromatic carbocycles. The van der Waals surface area contributed by atoms with Crippen LogP contribution in [-0.2, 0) is 11.2 Å². The fourth-order valence-electron chi connectivity index (χ4n) is 1.54. The molecule has 1 aromatic heterocycles. The minimum Gasteiger partial charge on any atom is -0.469 e. The van der Waals surface area contributed by atoms with E-state index in [4.69, 9.17) is 15.3 Å². The zero-order valence-electron chi connectivity index (χ0n) is 9.27. The Morgan fingerprint density at radius 2 is 2.38 bits per heavy atom. The number of nitrogens with one attached hydrogen (secondary N) is 1. The molecule has 1 aromatic rings. The average Bonchev–Trinajstić information content (AvgIpc) is 2.25. The normalized spacial score (nSPS) is 15.6.